The van der Waals surface area contributed by atoms with E-state index in [2.05, 4.69) is 31.9 Å². The molecule has 1 aromatic carbocycles. The molecule has 13 heteroatoms. The van der Waals surface area contributed by atoms with E-state index in [9.17, 15) is 18.4 Å². The highest BCUT2D eigenvalue weighted by Gasteiger charge is 2.44. The number of aromatic nitrogens is 5. The van der Waals surface area contributed by atoms with E-state index in [0.29, 0.717) is 25.3 Å². The number of nitrogens with zero attached hydrogens (tertiary/aromatic N) is 6. The molecule has 2 aromatic heterocycles. The van der Waals surface area contributed by atoms with Gasteiger partial charge in [-0.15, -0.1) is 13.2 Å². The van der Waals surface area contributed by atoms with Gasteiger partial charge in [0.1, 0.15) is 24.2 Å². The van der Waals surface area contributed by atoms with Gasteiger partial charge < -0.3 is 19.2 Å². The fourth-order valence-corrected chi connectivity index (χ4v) is 6.12. The molecule has 0 unspecified atom stereocenters. The second-order valence-corrected chi connectivity index (χ2v) is 10.7. The highest BCUT2D eigenvalue weighted by molar-refractivity contribution is 7.99. The summed E-state index contributed by atoms with van der Waals surface area (Å²) in [7, 11) is 1.96. The van der Waals surface area contributed by atoms with Gasteiger partial charge >= 0.3 is 6.36 Å². The SMILES string of the molecule is Cn1ccnc1SCC[C@]1(C)CC[C@H](CCOc2ccc(OC(F)(F)F)cc2)[C@H](Cn2cncn2)C1=NO. The molecule has 1 saturated carbocycles. The lowest BCUT2D eigenvalue weighted by Crippen LogP contribution is -2.45. The zero-order valence-electron chi connectivity index (χ0n) is 21.2. The number of rotatable bonds is 11. The van der Waals surface area contributed by atoms with E-state index < -0.39 is 6.36 Å². The van der Waals surface area contributed by atoms with Crippen molar-refractivity contribution in [1.29, 1.82) is 0 Å². The van der Waals surface area contributed by atoms with Gasteiger partial charge in [-0.2, -0.15) is 5.10 Å². The Bertz CT molecular complexity index is 1190. The highest BCUT2D eigenvalue weighted by atomic mass is 32.2. The van der Waals surface area contributed by atoms with Gasteiger partial charge in [0, 0.05) is 36.5 Å². The predicted octanol–water partition coefficient (Wildman–Crippen LogP) is 5.42. The molecule has 4 rings (SSSR count). The summed E-state index contributed by atoms with van der Waals surface area (Å²) in [6.07, 6.45) is 5.35. The number of benzene rings is 1. The number of oxime groups is 1. The molecule has 9 nitrogen and oxygen atoms in total. The molecule has 0 saturated heterocycles. The maximum Gasteiger partial charge on any atom is 0.573 e. The lowest BCUT2D eigenvalue weighted by Gasteiger charge is -2.43. The third-order valence-corrected chi connectivity index (χ3v) is 8.10. The molecule has 0 radical (unpaired) electrons. The molecule has 1 N–H and O–H groups in total. The molecule has 0 aliphatic heterocycles. The van der Waals surface area contributed by atoms with Gasteiger partial charge in [-0.05, 0) is 55.9 Å². The first kappa shape index (κ1) is 27.8. The Morgan fingerprint density at radius 1 is 1.24 bits per heavy atom. The minimum Gasteiger partial charge on any atom is -0.494 e. The summed E-state index contributed by atoms with van der Waals surface area (Å²) in [5, 5.41) is 19.2. The lowest BCUT2D eigenvalue weighted by atomic mass is 9.62. The number of imidazole rings is 1. The second kappa shape index (κ2) is 12.1. The smallest absolute Gasteiger partial charge is 0.494 e. The van der Waals surface area contributed by atoms with E-state index in [4.69, 9.17) is 4.74 Å². The molecule has 2 heterocycles. The molecular weight excluding hydrogens is 521 g/mol. The average molecular weight is 553 g/mol. The number of hydrogen-bond donors (Lipinski definition) is 1. The van der Waals surface area contributed by atoms with E-state index >= 15 is 0 Å². The van der Waals surface area contributed by atoms with Crippen LogP contribution in [-0.2, 0) is 13.6 Å². The zero-order chi connectivity index (χ0) is 27.2. The van der Waals surface area contributed by atoms with Crippen molar-refractivity contribution in [3.05, 3.63) is 49.3 Å². The summed E-state index contributed by atoms with van der Waals surface area (Å²) in [6.45, 7) is 3.03. The Balaban J connectivity index is 1.39. The van der Waals surface area contributed by atoms with Crippen LogP contribution in [0.5, 0.6) is 11.5 Å². The van der Waals surface area contributed by atoms with Crippen molar-refractivity contribution in [1.82, 2.24) is 24.3 Å². The van der Waals surface area contributed by atoms with Crippen molar-refractivity contribution in [2.24, 2.45) is 29.5 Å². The second-order valence-electron chi connectivity index (χ2n) is 9.64. The van der Waals surface area contributed by atoms with Crippen LogP contribution < -0.4 is 9.47 Å². The van der Waals surface area contributed by atoms with Gasteiger partial charge in [-0.1, -0.05) is 23.8 Å². The van der Waals surface area contributed by atoms with Crippen molar-refractivity contribution < 1.29 is 27.9 Å². The minimum atomic E-state index is -4.74. The zero-order valence-corrected chi connectivity index (χ0v) is 22.0. The molecule has 3 atom stereocenters. The number of aryl methyl sites for hydroxylation is 1. The van der Waals surface area contributed by atoms with Crippen molar-refractivity contribution in [2.75, 3.05) is 12.4 Å². The fraction of sp³-hybridized carbons (Fsp3) is 0.520. The standard InChI is InChI=1S/C25H31F3N6O3S/c1-24(10-14-38-23-30-11-12-33(23)2)9-7-18(21(22(24)32-35)15-34-17-29-16-31-34)8-13-36-19-3-5-20(6-4-19)37-25(26,27)28/h3-6,11-12,16-18,21,35H,7-10,13-15H2,1-2H3/t18-,21+,24+/m1/s1. The summed E-state index contributed by atoms with van der Waals surface area (Å²) in [5.74, 6) is 1.07. The van der Waals surface area contributed by atoms with Gasteiger partial charge in [0.15, 0.2) is 5.16 Å². The maximum absolute atomic E-state index is 12.4. The third-order valence-electron chi connectivity index (χ3n) is 7.04. The fourth-order valence-electron chi connectivity index (χ4n) is 4.99. The highest BCUT2D eigenvalue weighted by Crippen LogP contribution is 2.45. The molecule has 0 spiro atoms. The van der Waals surface area contributed by atoms with Crippen LogP contribution in [0.1, 0.15) is 32.6 Å². The van der Waals surface area contributed by atoms with Crippen LogP contribution in [0.4, 0.5) is 13.2 Å². The average Bonchev–Trinajstić information content (AvgIpc) is 3.53. The largest absolute Gasteiger partial charge is 0.573 e. The first-order chi connectivity index (χ1) is 18.2. The summed E-state index contributed by atoms with van der Waals surface area (Å²) < 4.78 is 50.6. The van der Waals surface area contributed by atoms with Crippen molar-refractivity contribution in [2.45, 2.75) is 50.7 Å². The predicted molar refractivity (Wildman–Crippen MR) is 135 cm³/mol. The number of ether oxygens (including phenoxy) is 2. The quantitative estimate of drug-likeness (QED) is 0.193. The summed E-state index contributed by atoms with van der Waals surface area (Å²) in [6, 6.07) is 5.35. The Kier molecular flexibility index (Phi) is 8.85. The van der Waals surface area contributed by atoms with Crippen molar-refractivity contribution >= 4 is 17.5 Å². The first-order valence-corrected chi connectivity index (χ1v) is 13.3. The lowest BCUT2D eigenvalue weighted by molar-refractivity contribution is -0.274. The summed E-state index contributed by atoms with van der Waals surface area (Å²) >= 11 is 1.68. The van der Waals surface area contributed by atoms with Gasteiger partial charge in [-0.3, -0.25) is 4.68 Å². The Morgan fingerprint density at radius 2 is 2.00 bits per heavy atom. The third kappa shape index (κ3) is 7.21. The minimum absolute atomic E-state index is 0.0789. The molecule has 0 amide bonds. The van der Waals surface area contributed by atoms with Crippen LogP contribution in [0, 0.1) is 17.3 Å². The monoisotopic (exact) mass is 552 g/mol. The van der Waals surface area contributed by atoms with Crippen LogP contribution in [0.15, 0.2) is 59.6 Å². The first-order valence-electron chi connectivity index (χ1n) is 12.3. The molecule has 0 bridgehead atoms. The normalized spacial score (nSPS) is 23.0. The van der Waals surface area contributed by atoms with E-state index in [-0.39, 0.29) is 23.0 Å². The van der Waals surface area contributed by atoms with Crippen molar-refractivity contribution in [3.8, 4) is 11.5 Å². The van der Waals surface area contributed by atoms with Gasteiger partial charge in [0.05, 0.1) is 18.9 Å². The Morgan fingerprint density at radius 3 is 2.63 bits per heavy atom. The molecule has 1 aliphatic carbocycles. The van der Waals surface area contributed by atoms with Gasteiger partial charge in [0.25, 0.3) is 0 Å². The van der Waals surface area contributed by atoms with E-state index in [1.807, 2.05) is 17.8 Å². The van der Waals surface area contributed by atoms with E-state index in [0.717, 1.165) is 35.9 Å². The summed E-state index contributed by atoms with van der Waals surface area (Å²) in [4.78, 5) is 8.42. The number of halogens is 3. The van der Waals surface area contributed by atoms with Gasteiger partial charge in [0.2, 0.25) is 0 Å². The van der Waals surface area contributed by atoms with Crippen LogP contribution >= 0.6 is 11.8 Å². The topological polar surface area (TPSA) is 99.6 Å². The molecule has 1 fully saturated rings. The molecule has 3 aromatic rings. The van der Waals surface area contributed by atoms with E-state index in [1.54, 1.807) is 29.0 Å². The Hall–Kier alpha value is -3.22. The number of thioether (sulfide) groups is 1. The molecule has 1 aliphatic rings. The molecular formula is C25H31F3N6O3S. The maximum atomic E-state index is 12.4. The van der Waals surface area contributed by atoms with Crippen molar-refractivity contribution in [3.63, 3.8) is 0 Å². The van der Waals surface area contributed by atoms with Gasteiger partial charge in [-0.25, -0.2) is 9.97 Å². The van der Waals surface area contributed by atoms with Crippen LogP contribution in [0.2, 0.25) is 0 Å². The summed E-state index contributed by atoms with van der Waals surface area (Å²) in [5.41, 5.74) is 0.461. The number of hydrogen-bond acceptors (Lipinski definition) is 8. The van der Waals surface area contributed by atoms with Crippen LogP contribution in [0.25, 0.3) is 0 Å². The molecule has 38 heavy (non-hydrogen) atoms. The van der Waals surface area contributed by atoms with E-state index in [1.165, 1.54) is 30.6 Å². The van der Waals surface area contributed by atoms with Crippen LogP contribution in [-0.4, -0.2) is 54.0 Å². The molecule has 206 valence electrons. The van der Waals surface area contributed by atoms with Crippen LogP contribution in [0.3, 0.4) is 0 Å². The Labute approximate surface area is 223 Å². The number of alkyl halides is 3.